The van der Waals surface area contributed by atoms with Gasteiger partial charge in [-0.3, -0.25) is 0 Å². The molecule has 1 saturated carbocycles. The largest absolute Gasteiger partial charge is 0.314 e. The second-order valence-corrected chi connectivity index (χ2v) is 5.80. The van der Waals surface area contributed by atoms with Crippen molar-refractivity contribution in [1.29, 1.82) is 0 Å². The fourth-order valence-corrected chi connectivity index (χ4v) is 4.13. The van der Waals surface area contributed by atoms with Crippen LogP contribution in [-0.4, -0.2) is 12.6 Å². The minimum atomic E-state index is 0.735. The molecule has 1 aliphatic carbocycles. The Morgan fingerprint density at radius 1 is 1.64 bits per heavy atom. The van der Waals surface area contributed by atoms with Gasteiger partial charge < -0.3 is 5.32 Å². The Labute approximate surface area is 98.0 Å². The van der Waals surface area contributed by atoms with Crippen LogP contribution in [0.3, 0.4) is 0 Å². The van der Waals surface area contributed by atoms with E-state index in [-0.39, 0.29) is 0 Å². The first kappa shape index (κ1) is 10.7. The monoisotopic (exact) mass is 273 g/mol. The Hall–Kier alpha value is 0.140. The molecule has 0 bridgehead atoms. The maximum absolute atomic E-state index is 3.62. The van der Waals surface area contributed by atoms with Gasteiger partial charge in [-0.2, -0.15) is 0 Å². The third-order valence-corrected chi connectivity index (χ3v) is 5.23. The van der Waals surface area contributed by atoms with Gasteiger partial charge in [-0.15, -0.1) is 11.3 Å². The van der Waals surface area contributed by atoms with Crippen molar-refractivity contribution in [2.75, 3.05) is 6.54 Å². The molecule has 3 atom stereocenters. The molecule has 3 heteroatoms. The van der Waals surface area contributed by atoms with E-state index in [0.29, 0.717) is 0 Å². The number of halogens is 1. The van der Waals surface area contributed by atoms with Crippen LogP contribution >= 0.6 is 27.3 Å². The molecule has 0 aromatic carbocycles. The summed E-state index contributed by atoms with van der Waals surface area (Å²) in [5.41, 5.74) is 0. The summed E-state index contributed by atoms with van der Waals surface area (Å²) in [4.78, 5) is 1.53. The van der Waals surface area contributed by atoms with Gasteiger partial charge in [0.25, 0.3) is 0 Å². The van der Waals surface area contributed by atoms with Crippen LogP contribution in [0.4, 0.5) is 0 Å². The summed E-state index contributed by atoms with van der Waals surface area (Å²) in [7, 11) is 0. The Balaban J connectivity index is 2.01. The Morgan fingerprint density at radius 3 is 2.93 bits per heavy atom. The maximum atomic E-state index is 3.62. The summed E-state index contributed by atoms with van der Waals surface area (Å²) in [6, 6.07) is 2.90. The predicted molar refractivity (Wildman–Crippen MR) is 66.0 cm³/mol. The van der Waals surface area contributed by atoms with Crippen molar-refractivity contribution in [3.63, 3.8) is 0 Å². The van der Waals surface area contributed by atoms with Crippen molar-refractivity contribution in [2.24, 2.45) is 5.92 Å². The Bertz CT molecular complexity index is 310. The zero-order valence-corrected chi connectivity index (χ0v) is 11.0. The van der Waals surface area contributed by atoms with Gasteiger partial charge >= 0.3 is 0 Å². The molecule has 1 fully saturated rings. The van der Waals surface area contributed by atoms with Crippen LogP contribution in [0.2, 0.25) is 0 Å². The van der Waals surface area contributed by atoms with Crippen LogP contribution in [0.15, 0.2) is 15.9 Å². The zero-order valence-electron chi connectivity index (χ0n) is 8.59. The highest BCUT2D eigenvalue weighted by molar-refractivity contribution is 9.10. The highest BCUT2D eigenvalue weighted by Gasteiger charge is 2.39. The first-order valence-electron chi connectivity index (χ1n) is 5.20. The first-order chi connectivity index (χ1) is 6.74. The van der Waals surface area contributed by atoms with Crippen molar-refractivity contribution in [3.8, 4) is 0 Å². The summed E-state index contributed by atoms with van der Waals surface area (Å²) >= 11 is 5.50. The van der Waals surface area contributed by atoms with Crippen molar-refractivity contribution < 1.29 is 0 Å². The molecule has 14 heavy (non-hydrogen) atoms. The summed E-state index contributed by atoms with van der Waals surface area (Å²) in [5.74, 6) is 1.55. The van der Waals surface area contributed by atoms with Gasteiger partial charge in [-0.05, 0) is 52.2 Å². The van der Waals surface area contributed by atoms with E-state index in [0.717, 1.165) is 24.4 Å². The van der Waals surface area contributed by atoms with Gasteiger partial charge in [0.05, 0.1) is 0 Å². The summed E-state index contributed by atoms with van der Waals surface area (Å²) in [5, 5.41) is 5.71. The highest BCUT2D eigenvalue weighted by Crippen LogP contribution is 2.46. The Morgan fingerprint density at radius 2 is 2.43 bits per heavy atom. The Kier molecular flexibility index (Phi) is 3.30. The quantitative estimate of drug-likeness (QED) is 0.887. The molecule has 1 heterocycles. The molecule has 0 aliphatic heterocycles. The van der Waals surface area contributed by atoms with Crippen molar-refractivity contribution in [3.05, 3.63) is 20.8 Å². The van der Waals surface area contributed by atoms with Crippen LogP contribution in [0, 0.1) is 5.92 Å². The lowest BCUT2D eigenvalue weighted by Gasteiger charge is -2.43. The highest BCUT2D eigenvalue weighted by atomic mass is 79.9. The van der Waals surface area contributed by atoms with Crippen LogP contribution in [-0.2, 0) is 0 Å². The van der Waals surface area contributed by atoms with Gasteiger partial charge in [-0.1, -0.05) is 13.8 Å². The number of hydrogen-bond donors (Lipinski definition) is 1. The zero-order chi connectivity index (χ0) is 10.1. The molecule has 1 aliphatic rings. The molecule has 1 aromatic heterocycles. The van der Waals surface area contributed by atoms with E-state index < -0.39 is 0 Å². The second-order valence-electron chi connectivity index (χ2n) is 4.00. The van der Waals surface area contributed by atoms with E-state index in [9.17, 15) is 0 Å². The van der Waals surface area contributed by atoms with Crippen LogP contribution in [0.5, 0.6) is 0 Å². The first-order valence-corrected chi connectivity index (χ1v) is 6.87. The molecule has 1 aromatic rings. The van der Waals surface area contributed by atoms with Crippen LogP contribution < -0.4 is 5.32 Å². The fraction of sp³-hybridized carbons (Fsp3) is 0.636. The minimum Gasteiger partial charge on any atom is -0.314 e. The lowest BCUT2D eigenvalue weighted by molar-refractivity contribution is 0.189. The molecule has 1 nitrogen and oxygen atoms in total. The number of nitrogens with one attached hydrogen (secondary N) is 1. The normalized spacial score (nSPS) is 31.5. The second kappa shape index (κ2) is 4.33. The third kappa shape index (κ3) is 1.77. The van der Waals surface area contributed by atoms with Gasteiger partial charge in [0, 0.05) is 15.4 Å². The minimum absolute atomic E-state index is 0.735. The lowest BCUT2D eigenvalue weighted by atomic mass is 9.69. The molecular weight excluding hydrogens is 258 g/mol. The summed E-state index contributed by atoms with van der Waals surface area (Å²) in [6.07, 6.45) is 1.30. The molecule has 0 saturated heterocycles. The van der Waals surface area contributed by atoms with Gasteiger partial charge in [0.15, 0.2) is 0 Å². The van der Waals surface area contributed by atoms with Gasteiger partial charge in [0.1, 0.15) is 0 Å². The van der Waals surface area contributed by atoms with Crippen molar-refractivity contribution in [2.45, 2.75) is 32.2 Å². The van der Waals surface area contributed by atoms with Crippen molar-refractivity contribution in [1.82, 2.24) is 5.32 Å². The van der Waals surface area contributed by atoms with Crippen molar-refractivity contribution >= 4 is 27.3 Å². The SMILES string of the molecule is CCNC1CC(c2sccc2Br)C1C. The summed E-state index contributed by atoms with van der Waals surface area (Å²) in [6.45, 7) is 5.63. The van der Waals surface area contributed by atoms with Gasteiger partial charge in [-0.25, -0.2) is 0 Å². The fourth-order valence-electron chi connectivity index (χ4n) is 2.23. The molecule has 2 rings (SSSR count). The van der Waals surface area contributed by atoms with E-state index in [1.807, 2.05) is 11.3 Å². The molecule has 1 N–H and O–H groups in total. The number of hydrogen-bond acceptors (Lipinski definition) is 2. The van der Waals surface area contributed by atoms with E-state index in [4.69, 9.17) is 0 Å². The standard InChI is InChI=1S/C11H16BrNS/c1-3-13-10-6-8(7(10)2)11-9(12)4-5-14-11/h4-5,7-8,10,13H,3,6H2,1-2H3. The molecular formula is C11H16BrNS. The predicted octanol–water partition coefficient (Wildman–Crippen LogP) is 3.61. The molecule has 78 valence electrons. The van der Waals surface area contributed by atoms with E-state index in [2.05, 4.69) is 46.5 Å². The third-order valence-electron chi connectivity index (χ3n) is 3.23. The van der Waals surface area contributed by atoms with Crippen LogP contribution in [0.25, 0.3) is 0 Å². The lowest BCUT2D eigenvalue weighted by Crippen LogP contribution is -2.47. The van der Waals surface area contributed by atoms with Crippen LogP contribution in [0.1, 0.15) is 31.1 Å². The molecule has 0 spiro atoms. The topological polar surface area (TPSA) is 12.0 Å². The summed E-state index contributed by atoms with van der Waals surface area (Å²) < 4.78 is 1.30. The average molecular weight is 274 g/mol. The maximum Gasteiger partial charge on any atom is 0.0317 e. The average Bonchev–Trinajstić information content (AvgIpc) is 2.58. The molecule has 3 unspecified atom stereocenters. The van der Waals surface area contributed by atoms with E-state index in [1.165, 1.54) is 15.8 Å². The van der Waals surface area contributed by atoms with Gasteiger partial charge in [0.2, 0.25) is 0 Å². The molecule has 0 amide bonds. The number of thiophene rings is 1. The number of rotatable bonds is 3. The smallest absolute Gasteiger partial charge is 0.0317 e. The van der Waals surface area contributed by atoms with E-state index in [1.54, 1.807) is 0 Å². The van der Waals surface area contributed by atoms with E-state index >= 15 is 0 Å². The molecule has 0 radical (unpaired) electrons.